The third-order valence-electron chi connectivity index (χ3n) is 3.21. The summed E-state index contributed by atoms with van der Waals surface area (Å²) in [4.78, 5) is 0. The fourth-order valence-electron chi connectivity index (χ4n) is 2.18. The number of hydrogen-bond donors (Lipinski definition) is 1. The van der Waals surface area contributed by atoms with E-state index < -0.39 is 0 Å². The van der Waals surface area contributed by atoms with Crippen molar-refractivity contribution in [2.75, 3.05) is 11.9 Å². The van der Waals surface area contributed by atoms with Gasteiger partial charge in [-0.3, -0.25) is 0 Å². The fraction of sp³-hybridized carbons (Fsp3) is 0.294. The van der Waals surface area contributed by atoms with Gasteiger partial charge in [-0.15, -0.1) is 0 Å². The van der Waals surface area contributed by atoms with Gasteiger partial charge in [-0.25, -0.2) is 4.39 Å². The van der Waals surface area contributed by atoms with E-state index in [0.717, 1.165) is 12.1 Å². The summed E-state index contributed by atoms with van der Waals surface area (Å²) < 4.78 is 18.7. The maximum absolute atomic E-state index is 13.2. The molecule has 20 heavy (non-hydrogen) atoms. The van der Waals surface area contributed by atoms with Gasteiger partial charge in [0.25, 0.3) is 0 Å². The van der Waals surface area contributed by atoms with Crippen LogP contribution in [0.1, 0.15) is 25.0 Å². The molecule has 0 bridgehead atoms. The van der Waals surface area contributed by atoms with Crippen molar-refractivity contribution in [3.8, 4) is 5.75 Å². The Labute approximate surface area is 119 Å². The summed E-state index contributed by atoms with van der Waals surface area (Å²) in [6.07, 6.45) is 1.000. The van der Waals surface area contributed by atoms with Crippen LogP contribution < -0.4 is 10.1 Å². The molecule has 0 aliphatic heterocycles. The lowest BCUT2D eigenvalue weighted by molar-refractivity contribution is 0.340. The molecule has 0 saturated heterocycles. The van der Waals surface area contributed by atoms with E-state index in [1.807, 2.05) is 19.1 Å². The van der Waals surface area contributed by atoms with Crippen molar-refractivity contribution >= 4 is 5.69 Å². The summed E-state index contributed by atoms with van der Waals surface area (Å²) in [5.74, 6) is 0.273. The average molecular weight is 273 g/mol. The summed E-state index contributed by atoms with van der Waals surface area (Å²) in [5.41, 5.74) is 3.39. The minimum Gasteiger partial charge on any atom is -0.492 e. The van der Waals surface area contributed by atoms with E-state index in [1.54, 1.807) is 6.07 Å². The number of rotatable bonds is 6. The van der Waals surface area contributed by atoms with Gasteiger partial charge in [0, 0.05) is 12.6 Å². The molecule has 2 rings (SSSR count). The van der Waals surface area contributed by atoms with Gasteiger partial charge in [0.05, 0.1) is 12.3 Å². The smallest absolute Gasteiger partial charge is 0.145 e. The van der Waals surface area contributed by atoms with Crippen LogP contribution in [0.5, 0.6) is 5.75 Å². The first-order valence-electron chi connectivity index (χ1n) is 6.97. The monoisotopic (exact) mass is 273 g/mol. The van der Waals surface area contributed by atoms with E-state index in [4.69, 9.17) is 4.74 Å². The van der Waals surface area contributed by atoms with Crippen molar-refractivity contribution in [1.29, 1.82) is 0 Å². The highest BCUT2D eigenvalue weighted by Crippen LogP contribution is 2.26. The fourth-order valence-corrected chi connectivity index (χ4v) is 2.18. The molecule has 0 aliphatic rings. The second kappa shape index (κ2) is 6.94. The number of ether oxygens (including phenoxy) is 1. The van der Waals surface area contributed by atoms with E-state index in [9.17, 15) is 4.39 Å². The molecule has 0 fully saturated rings. The maximum atomic E-state index is 13.2. The van der Waals surface area contributed by atoms with Crippen molar-refractivity contribution < 1.29 is 9.13 Å². The molecular weight excluding hydrogens is 253 g/mol. The van der Waals surface area contributed by atoms with E-state index in [-0.39, 0.29) is 5.82 Å². The molecule has 2 aromatic carbocycles. The zero-order chi connectivity index (χ0) is 14.4. The van der Waals surface area contributed by atoms with Crippen LogP contribution in [0.2, 0.25) is 0 Å². The molecule has 3 heteroatoms. The first-order valence-corrected chi connectivity index (χ1v) is 6.97. The highest BCUT2D eigenvalue weighted by Gasteiger charge is 2.06. The Bertz CT molecular complexity index is 569. The number of aryl methyl sites for hydroxylation is 1. The molecule has 0 spiro atoms. The Kier molecular flexibility index (Phi) is 4.99. The lowest BCUT2D eigenvalue weighted by Crippen LogP contribution is -2.05. The molecule has 0 aliphatic carbocycles. The molecule has 2 nitrogen and oxygen atoms in total. The van der Waals surface area contributed by atoms with Crippen LogP contribution in [0.4, 0.5) is 10.1 Å². The van der Waals surface area contributed by atoms with Gasteiger partial charge in [-0.2, -0.15) is 0 Å². The second-order valence-corrected chi connectivity index (χ2v) is 4.55. The van der Waals surface area contributed by atoms with Gasteiger partial charge < -0.3 is 10.1 Å². The number of halogens is 1. The van der Waals surface area contributed by atoms with Gasteiger partial charge in [0.2, 0.25) is 0 Å². The van der Waals surface area contributed by atoms with Crippen LogP contribution in [0.15, 0.2) is 42.5 Å². The Morgan fingerprint density at radius 3 is 2.50 bits per heavy atom. The third-order valence-corrected chi connectivity index (χ3v) is 3.21. The van der Waals surface area contributed by atoms with E-state index in [1.165, 1.54) is 23.3 Å². The first kappa shape index (κ1) is 14.4. The number of hydrogen-bond acceptors (Lipinski definition) is 2. The average Bonchev–Trinajstić information content (AvgIpc) is 2.47. The van der Waals surface area contributed by atoms with Crippen LogP contribution in [0, 0.1) is 5.82 Å². The lowest BCUT2D eigenvalue weighted by atomic mass is 10.1. The normalized spacial score (nSPS) is 10.3. The molecule has 0 aromatic heterocycles. The Balaban J connectivity index is 2.14. The zero-order valence-corrected chi connectivity index (χ0v) is 11.9. The number of nitrogens with one attached hydrogen (secondary N) is 1. The standard InChI is InChI=1S/C17H20FNO/c1-3-13-7-5-6-8-14(13)12-19-16-10-9-15(18)11-17(16)20-4-2/h5-11,19H,3-4,12H2,1-2H3. The minimum absolute atomic E-state index is 0.284. The topological polar surface area (TPSA) is 21.3 Å². The molecule has 0 radical (unpaired) electrons. The van der Waals surface area contributed by atoms with Gasteiger partial charge in [-0.05, 0) is 36.6 Å². The van der Waals surface area contributed by atoms with Gasteiger partial charge in [-0.1, -0.05) is 31.2 Å². The Hall–Kier alpha value is -2.03. The summed E-state index contributed by atoms with van der Waals surface area (Å²) >= 11 is 0. The van der Waals surface area contributed by atoms with Crippen molar-refractivity contribution in [2.24, 2.45) is 0 Å². The molecule has 2 aromatic rings. The SMILES string of the molecule is CCOc1cc(F)ccc1NCc1ccccc1CC. The molecule has 0 amide bonds. The van der Waals surface area contributed by atoms with Crippen LogP contribution in [-0.4, -0.2) is 6.61 Å². The summed E-state index contributed by atoms with van der Waals surface area (Å²) in [5, 5.41) is 3.32. The van der Waals surface area contributed by atoms with E-state index in [0.29, 0.717) is 18.9 Å². The van der Waals surface area contributed by atoms with Gasteiger partial charge >= 0.3 is 0 Å². The number of anilines is 1. The summed E-state index contributed by atoms with van der Waals surface area (Å²) in [6.45, 7) is 5.25. The molecule has 0 atom stereocenters. The van der Waals surface area contributed by atoms with Crippen molar-refractivity contribution in [3.63, 3.8) is 0 Å². The molecular formula is C17H20FNO. The molecule has 1 N–H and O–H groups in total. The van der Waals surface area contributed by atoms with E-state index in [2.05, 4.69) is 24.4 Å². The number of benzene rings is 2. The van der Waals surface area contributed by atoms with Crippen molar-refractivity contribution in [3.05, 3.63) is 59.4 Å². The second-order valence-electron chi connectivity index (χ2n) is 4.55. The molecule has 106 valence electrons. The largest absolute Gasteiger partial charge is 0.492 e. The van der Waals surface area contributed by atoms with Crippen LogP contribution in [0.3, 0.4) is 0 Å². The molecule has 0 saturated carbocycles. The van der Waals surface area contributed by atoms with Gasteiger partial charge in [0.1, 0.15) is 11.6 Å². The minimum atomic E-state index is -0.284. The highest BCUT2D eigenvalue weighted by atomic mass is 19.1. The Morgan fingerprint density at radius 1 is 1.05 bits per heavy atom. The van der Waals surface area contributed by atoms with Crippen LogP contribution >= 0.6 is 0 Å². The lowest BCUT2D eigenvalue weighted by Gasteiger charge is -2.14. The quantitative estimate of drug-likeness (QED) is 0.842. The predicted molar refractivity (Wildman–Crippen MR) is 80.7 cm³/mol. The third kappa shape index (κ3) is 3.50. The predicted octanol–water partition coefficient (Wildman–Crippen LogP) is 4.40. The van der Waals surface area contributed by atoms with E-state index >= 15 is 0 Å². The molecule has 0 heterocycles. The van der Waals surface area contributed by atoms with Gasteiger partial charge in [0.15, 0.2) is 0 Å². The van der Waals surface area contributed by atoms with Crippen molar-refractivity contribution in [2.45, 2.75) is 26.8 Å². The van der Waals surface area contributed by atoms with Crippen LogP contribution in [-0.2, 0) is 13.0 Å². The summed E-state index contributed by atoms with van der Waals surface area (Å²) in [7, 11) is 0. The Morgan fingerprint density at radius 2 is 1.80 bits per heavy atom. The maximum Gasteiger partial charge on any atom is 0.145 e. The first-order chi connectivity index (χ1) is 9.74. The van der Waals surface area contributed by atoms with Crippen LogP contribution in [0.25, 0.3) is 0 Å². The molecule has 0 unspecified atom stereocenters. The zero-order valence-electron chi connectivity index (χ0n) is 11.9. The van der Waals surface area contributed by atoms with Crippen molar-refractivity contribution in [1.82, 2.24) is 0 Å². The highest BCUT2D eigenvalue weighted by molar-refractivity contribution is 5.56. The summed E-state index contributed by atoms with van der Waals surface area (Å²) in [6, 6.07) is 12.9.